The summed E-state index contributed by atoms with van der Waals surface area (Å²) in [5, 5.41) is 11.5. The molecular formula is C24H18N2O6S. The van der Waals surface area contributed by atoms with E-state index >= 15 is 0 Å². The van der Waals surface area contributed by atoms with Gasteiger partial charge in [-0.15, -0.1) is 0 Å². The number of carboxylic acids is 1. The molecule has 166 valence electrons. The molecule has 1 fully saturated rings. The summed E-state index contributed by atoms with van der Waals surface area (Å²) in [4.78, 5) is 37.9. The van der Waals surface area contributed by atoms with Crippen LogP contribution in [0, 0.1) is 0 Å². The van der Waals surface area contributed by atoms with Crippen LogP contribution in [0.4, 0.5) is 5.69 Å². The molecule has 1 saturated heterocycles. The molecule has 1 aliphatic rings. The van der Waals surface area contributed by atoms with Crippen LogP contribution in [0.1, 0.15) is 23.0 Å². The first-order valence-corrected chi connectivity index (χ1v) is 10.4. The van der Waals surface area contributed by atoms with Crippen molar-refractivity contribution in [2.45, 2.75) is 6.92 Å². The Balaban J connectivity index is 1.63. The van der Waals surface area contributed by atoms with Gasteiger partial charge in [0.15, 0.2) is 5.11 Å². The van der Waals surface area contributed by atoms with Gasteiger partial charge in [-0.25, -0.2) is 4.79 Å². The minimum Gasteiger partial charge on any atom is -0.494 e. The Morgan fingerprint density at radius 3 is 2.61 bits per heavy atom. The number of benzene rings is 2. The Bertz CT molecular complexity index is 1290. The predicted octanol–water partition coefficient (Wildman–Crippen LogP) is 3.87. The van der Waals surface area contributed by atoms with Crippen LogP contribution in [0.2, 0.25) is 0 Å². The number of anilines is 1. The molecule has 1 aliphatic heterocycles. The van der Waals surface area contributed by atoms with Crippen LogP contribution in [0.15, 0.2) is 70.7 Å². The number of amides is 2. The maximum atomic E-state index is 13.2. The molecule has 2 heterocycles. The maximum absolute atomic E-state index is 13.2. The van der Waals surface area contributed by atoms with Gasteiger partial charge in [0.2, 0.25) is 0 Å². The molecule has 0 unspecified atom stereocenters. The molecule has 0 radical (unpaired) electrons. The highest BCUT2D eigenvalue weighted by Crippen LogP contribution is 2.27. The summed E-state index contributed by atoms with van der Waals surface area (Å²) >= 11 is 5.23. The van der Waals surface area contributed by atoms with Gasteiger partial charge in [-0.3, -0.25) is 19.8 Å². The highest BCUT2D eigenvalue weighted by atomic mass is 32.1. The molecule has 0 saturated carbocycles. The Morgan fingerprint density at radius 2 is 1.91 bits per heavy atom. The summed E-state index contributed by atoms with van der Waals surface area (Å²) in [5.41, 5.74) is 1.12. The standard InChI is InChI=1S/C24H18N2O6S/c1-2-31-17-5-3-4-16(12-17)26-22(28)19(21(27)25-24(26)33)13-18-10-11-20(32-18)14-6-8-15(9-7-14)23(29)30/h3-13H,2H2,1H3,(H,29,30)(H,25,27,33)/b19-13+. The quantitative estimate of drug-likeness (QED) is 0.325. The minimum atomic E-state index is -1.03. The number of hydrogen-bond donors (Lipinski definition) is 2. The van der Waals surface area contributed by atoms with Gasteiger partial charge < -0.3 is 14.3 Å². The van der Waals surface area contributed by atoms with Gasteiger partial charge in [0.25, 0.3) is 11.8 Å². The third kappa shape index (κ3) is 4.53. The van der Waals surface area contributed by atoms with E-state index in [1.807, 2.05) is 6.92 Å². The summed E-state index contributed by atoms with van der Waals surface area (Å²) in [7, 11) is 0. The second-order valence-corrected chi connectivity index (χ2v) is 7.36. The molecule has 0 atom stereocenters. The van der Waals surface area contributed by atoms with Crippen molar-refractivity contribution < 1.29 is 28.6 Å². The van der Waals surface area contributed by atoms with Crippen molar-refractivity contribution in [3.05, 3.63) is 77.6 Å². The van der Waals surface area contributed by atoms with E-state index in [1.54, 1.807) is 48.5 Å². The minimum absolute atomic E-state index is 0.0329. The van der Waals surface area contributed by atoms with Crippen molar-refractivity contribution >= 4 is 46.9 Å². The molecule has 4 rings (SSSR count). The van der Waals surface area contributed by atoms with E-state index in [9.17, 15) is 14.4 Å². The second kappa shape index (κ2) is 9.09. The largest absolute Gasteiger partial charge is 0.494 e. The van der Waals surface area contributed by atoms with Crippen LogP contribution in [0.3, 0.4) is 0 Å². The molecule has 2 aromatic carbocycles. The third-order valence-corrected chi connectivity index (χ3v) is 5.10. The van der Waals surface area contributed by atoms with E-state index in [0.717, 1.165) is 0 Å². The smallest absolute Gasteiger partial charge is 0.335 e. The normalized spacial score (nSPS) is 15.0. The Kier molecular flexibility index (Phi) is 6.05. The van der Waals surface area contributed by atoms with Gasteiger partial charge in [-0.2, -0.15) is 0 Å². The first kappa shape index (κ1) is 22.0. The van der Waals surface area contributed by atoms with Gasteiger partial charge in [0.1, 0.15) is 22.8 Å². The Hall–Kier alpha value is -4.24. The molecule has 0 aliphatic carbocycles. The summed E-state index contributed by atoms with van der Waals surface area (Å²) < 4.78 is 11.2. The fourth-order valence-corrected chi connectivity index (χ4v) is 3.56. The van der Waals surface area contributed by atoms with E-state index in [2.05, 4.69) is 5.32 Å². The Labute approximate surface area is 194 Å². The van der Waals surface area contributed by atoms with Crippen molar-refractivity contribution in [3.8, 4) is 17.1 Å². The number of ether oxygens (including phenoxy) is 1. The summed E-state index contributed by atoms with van der Waals surface area (Å²) in [6.07, 6.45) is 1.34. The number of hydrogen-bond acceptors (Lipinski definition) is 6. The van der Waals surface area contributed by atoms with E-state index < -0.39 is 17.8 Å². The molecule has 2 amide bonds. The van der Waals surface area contributed by atoms with Gasteiger partial charge >= 0.3 is 5.97 Å². The van der Waals surface area contributed by atoms with Crippen LogP contribution in [0.25, 0.3) is 17.4 Å². The van der Waals surface area contributed by atoms with Gasteiger partial charge in [-0.1, -0.05) is 18.2 Å². The van der Waals surface area contributed by atoms with E-state index in [-0.39, 0.29) is 22.0 Å². The van der Waals surface area contributed by atoms with E-state index in [1.165, 1.54) is 23.1 Å². The van der Waals surface area contributed by atoms with Crippen molar-refractivity contribution in [1.82, 2.24) is 5.32 Å². The Morgan fingerprint density at radius 1 is 1.15 bits per heavy atom. The fraction of sp³-hybridized carbons (Fsp3) is 0.0833. The lowest BCUT2D eigenvalue weighted by atomic mass is 10.1. The molecule has 2 N–H and O–H groups in total. The maximum Gasteiger partial charge on any atom is 0.335 e. The zero-order chi connectivity index (χ0) is 23.5. The number of rotatable bonds is 6. The van der Waals surface area contributed by atoms with E-state index in [0.29, 0.717) is 29.4 Å². The van der Waals surface area contributed by atoms with Crippen molar-refractivity contribution in [2.24, 2.45) is 0 Å². The molecule has 1 aromatic heterocycles. The van der Waals surface area contributed by atoms with Gasteiger partial charge in [-0.05, 0) is 61.6 Å². The molecule has 8 nitrogen and oxygen atoms in total. The topological polar surface area (TPSA) is 109 Å². The lowest BCUT2D eigenvalue weighted by Crippen LogP contribution is -2.54. The van der Waals surface area contributed by atoms with Crippen molar-refractivity contribution in [2.75, 3.05) is 11.5 Å². The number of carbonyl (C=O) groups is 3. The molecule has 33 heavy (non-hydrogen) atoms. The number of carboxylic acid groups (broad SMARTS) is 1. The molecule has 9 heteroatoms. The number of aromatic carboxylic acids is 1. The number of carbonyl (C=O) groups excluding carboxylic acids is 2. The molecular weight excluding hydrogens is 444 g/mol. The van der Waals surface area contributed by atoms with E-state index in [4.69, 9.17) is 26.5 Å². The van der Waals surface area contributed by atoms with Crippen LogP contribution < -0.4 is 15.0 Å². The SMILES string of the molecule is CCOc1cccc(N2C(=O)/C(=C/c3ccc(-c4ccc(C(=O)O)cc4)o3)C(=O)NC2=S)c1. The number of thiocarbonyl (C=S) groups is 1. The fourth-order valence-electron chi connectivity index (χ4n) is 3.28. The highest BCUT2D eigenvalue weighted by molar-refractivity contribution is 7.80. The lowest BCUT2D eigenvalue weighted by Gasteiger charge is -2.29. The van der Waals surface area contributed by atoms with Crippen LogP contribution in [-0.4, -0.2) is 34.6 Å². The first-order chi connectivity index (χ1) is 15.9. The highest BCUT2D eigenvalue weighted by Gasteiger charge is 2.35. The zero-order valence-electron chi connectivity index (χ0n) is 17.4. The lowest BCUT2D eigenvalue weighted by molar-refractivity contribution is -0.122. The van der Waals surface area contributed by atoms with Crippen LogP contribution in [0.5, 0.6) is 5.75 Å². The average molecular weight is 462 g/mol. The monoisotopic (exact) mass is 462 g/mol. The number of furan rings is 1. The predicted molar refractivity (Wildman–Crippen MR) is 125 cm³/mol. The molecule has 0 spiro atoms. The van der Waals surface area contributed by atoms with Crippen LogP contribution >= 0.6 is 12.2 Å². The van der Waals surface area contributed by atoms with Crippen molar-refractivity contribution in [3.63, 3.8) is 0 Å². The molecule has 0 bridgehead atoms. The number of nitrogens with zero attached hydrogens (tertiary/aromatic N) is 1. The first-order valence-electron chi connectivity index (χ1n) is 9.95. The van der Waals surface area contributed by atoms with Crippen molar-refractivity contribution in [1.29, 1.82) is 0 Å². The van der Waals surface area contributed by atoms with Gasteiger partial charge in [0.05, 0.1) is 17.9 Å². The summed E-state index contributed by atoms with van der Waals surface area (Å²) in [6.45, 7) is 2.31. The average Bonchev–Trinajstić information content (AvgIpc) is 3.26. The third-order valence-electron chi connectivity index (χ3n) is 4.82. The summed E-state index contributed by atoms with van der Waals surface area (Å²) in [5.74, 6) is -0.951. The van der Waals surface area contributed by atoms with Crippen LogP contribution in [-0.2, 0) is 9.59 Å². The number of nitrogens with one attached hydrogen (secondary N) is 1. The summed E-state index contributed by atoms with van der Waals surface area (Å²) in [6, 6.07) is 16.3. The second-order valence-electron chi connectivity index (χ2n) is 6.97. The molecule has 3 aromatic rings. The zero-order valence-corrected chi connectivity index (χ0v) is 18.2. The van der Waals surface area contributed by atoms with Gasteiger partial charge in [0, 0.05) is 11.6 Å².